The van der Waals surface area contributed by atoms with Crippen LogP contribution in [0.2, 0.25) is 0 Å². The quantitative estimate of drug-likeness (QED) is 0.918. The van der Waals surface area contributed by atoms with Crippen LogP contribution in [0, 0.1) is 11.6 Å². The molecule has 0 aliphatic rings. The van der Waals surface area contributed by atoms with Crippen LogP contribution >= 0.6 is 0 Å². The summed E-state index contributed by atoms with van der Waals surface area (Å²) in [5, 5.41) is 0. The Hall–Kier alpha value is -2.57. The van der Waals surface area contributed by atoms with E-state index >= 15 is 0 Å². The maximum absolute atomic E-state index is 13.8. The highest BCUT2D eigenvalue weighted by Gasteiger charge is 2.16. The van der Waals surface area contributed by atoms with Gasteiger partial charge < -0.3 is 19.9 Å². The molecule has 0 bridgehead atoms. The van der Waals surface area contributed by atoms with Crippen LogP contribution in [0.5, 0.6) is 17.2 Å². The first-order valence-corrected chi connectivity index (χ1v) is 6.00. The van der Waals surface area contributed by atoms with E-state index in [1.165, 1.54) is 32.5 Å². The van der Waals surface area contributed by atoms with Crippen molar-refractivity contribution in [1.82, 2.24) is 4.98 Å². The number of pyridine rings is 1. The maximum atomic E-state index is 13.8. The van der Waals surface area contributed by atoms with Crippen molar-refractivity contribution < 1.29 is 23.0 Å². The molecule has 2 N–H and O–H groups in total. The molecule has 2 rings (SSSR count). The van der Waals surface area contributed by atoms with Gasteiger partial charge in [-0.1, -0.05) is 0 Å². The second-order valence-corrected chi connectivity index (χ2v) is 4.09. The summed E-state index contributed by atoms with van der Waals surface area (Å²) in [6.07, 6.45) is 1.38. The van der Waals surface area contributed by atoms with Gasteiger partial charge in [0.25, 0.3) is 0 Å². The second kappa shape index (κ2) is 6.25. The lowest BCUT2D eigenvalue weighted by atomic mass is 10.2. The Balaban J connectivity index is 2.28. The van der Waals surface area contributed by atoms with Gasteiger partial charge in [0, 0.05) is 6.07 Å². The first-order chi connectivity index (χ1) is 10.1. The van der Waals surface area contributed by atoms with E-state index in [9.17, 15) is 8.78 Å². The number of benzene rings is 1. The number of hydrogen-bond acceptors (Lipinski definition) is 5. The zero-order valence-electron chi connectivity index (χ0n) is 11.5. The summed E-state index contributed by atoms with van der Waals surface area (Å²) in [7, 11) is 2.80. The van der Waals surface area contributed by atoms with Gasteiger partial charge in [-0.3, -0.25) is 0 Å². The Morgan fingerprint density at radius 2 is 1.81 bits per heavy atom. The van der Waals surface area contributed by atoms with Gasteiger partial charge in [-0.05, 0) is 12.1 Å². The lowest BCUT2D eigenvalue weighted by Gasteiger charge is -2.13. The summed E-state index contributed by atoms with van der Waals surface area (Å²) < 4.78 is 42.6. The van der Waals surface area contributed by atoms with Crippen molar-refractivity contribution in [3.63, 3.8) is 0 Å². The smallest absolute Gasteiger partial charge is 0.179 e. The average molecular weight is 296 g/mol. The predicted octanol–water partition coefficient (Wildman–Crippen LogP) is 2.54. The topological polar surface area (TPSA) is 66.6 Å². The molecule has 0 radical (unpaired) electrons. The zero-order chi connectivity index (χ0) is 15.4. The molecule has 1 aromatic heterocycles. The van der Waals surface area contributed by atoms with E-state index in [1.807, 2.05) is 0 Å². The number of aromatic nitrogens is 1. The standard InChI is InChI=1S/C14H14F2N2O3/c1-19-10-4-3-9(15)14(16)8(10)7-21-11-5-13(17)18-6-12(11)20-2/h3-6H,7H2,1-2H3,(H2,17,18). The molecule has 1 aromatic carbocycles. The fourth-order valence-electron chi connectivity index (χ4n) is 1.76. The second-order valence-electron chi connectivity index (χ2n) is 4.09. The van der Waals surface area contributed by atoms with Gasteiger partial charge in [0.05, 0.1) is 26.0 Å². The van der Waals surface area contributed by atoms with Gasteiger partial charge in [-0.2, -0.15) is 0 Å². The molecule has 1 heterocycles. The Morgan fingerprint density at radius 1 is 1.10 bits per heavy atom. The molecule has 0 unspecified atom stereocenters. The predicted molar refractivity (Wildman–Crippen MR) is 72.4 cm³/mol. The van der Waals surface area contributed by atoms with Crippen LogP contribution in [0.3, 0.4) is 0 Å². The van der Waals surface area contributed by atoms with E-state index in [4.69, 9.17) is 19.9 Å². The van der Waals surface area contributed by atoms with E-state index in [0.717, 1.165) is 6.07 Å². The number of hydrogen-bond donors (Lipinski definition) is 1. The van der Waals surface area contributed by atoms with Crippen molar-refractivity contribution in [2.75, 3.05) is 20.0 Å². The molecule has 21 heavy (non-hydrogen) atoms. The van der Waals surface area contributed by atoms with E-state index in [1.54, 1.807) is 0 Å². The van der Waals surface area contributed by atoms with E-state index in [-0.39, 0.29) is 29.5 Å². The van der Waals surface area contributed by atoms with Crippen molar-refractivity contribution in [3.8, 4) is 17.2 Å². The molecule has 5 nitrogen and oxygen atoms in total. The van der Waals surface area contributed by atoms with Gasteiger partial charge in [-0.25, -0.2) is 13.8 Å². The van der Waals surface area contributed by atoms with E-state index < -0.39 is 11.6 Å². The number of nitrogen functional groups attached to an aromatic ring is 1. The summed E-state index contributed by atoms with van der Waals surface area (Å²) in [6, 6.07) is 3.75. The fraction of sp³-hybridized carbons (Fsp3) is 0.214. The lowest BCUT2D eigenvalue weighted by molar-refractivity contribution is 0.269. The number of ether oxygens (including phenoxy) is 3. The van der Waals surface area contributed by atoms with Crippen LogP contribution in [0.15, 0.2) is 24.4 Å². The van der Waals surface area contributed by atoms with Crippen molar-refractivity contribution in [2.24, 2.45) is 0 Å². The monoisotopic (exact) mass is 296 g/mol. The highest BCUT2D eigenvalue weighted by atomic mass is 19.2. The Morgan fingerprint density at radius 3 is 2.48 bits per heavy atom. The van der Waals surface area contributed by atoms with Crippen LogP contribution in [-0.2, 0) is 6.61 Å². The molecule has 0 atom stereocenters. The third kappa shape index (κ3) is 3.13. The van der Waals surface area contributed by atoms with Crippen LogP contribution < -0.4 is 19.9 Å². The largest absolute Gasteiger partial charge is 0.496 e. The van der Waals surface area contributed by atoms with Gasteiger partial charge in [0.15, 0.2) is 23.1 Å². The summed E-state index contributed by atoms with van der Waals surface area (Å²) in [5.74, 6) is -0.978. The highest BCUT2D eigenvalue weighted by Crippen LogP contribution is 2.30. The van der Waals surface area contributed by atoms with Gasteiger partial charge in [-0.15, -0.1) is 0 Å². The van der Waals surface area contributed by atoms with Crippen molar-refractivity contribution in [1.29, 1.82) is 0 Å². The molecule has 0 aliphatic carbocycles. The SMILES string of the molecule is COc1cnc(N)cc1OCc1c(OC)ccc(F)c1F. The molecule has 0 saturated carbocycles. The molecule has 0 aliphatic heterocycles. The number of anilines is 1. The third-order valence-corrected chi connectivity index (χ3v) is 2.82. The first kappa shape index (κ1) is 14.8. The molecule has 112 valence electrons. The maximum Gasteiger partial charge on any atom is 0.179 e. The van der Waals surface area contributed by atoms with Crippen LogP contribution in [0.25, 0.3) is 0 Å². The summed E-state index contributed by atoms with van der Waals surface area (Å²) >= 11 is 0. The minimum atomic E-state index is -1.02. The van der Waals surface area contributed by atoms with Crippen LogP contribution in [-0.4, -0.2) is 19.2 Å². The molecule has 0 spiro atoms. The van der Waals surface area contributed by atoms with Crippen molar-refractivity contribution in [3.05, 3.63) is 41.6 Å². The van der Waals surface area contributed by atoms with Crippen LogP contribution in [0.1, 0.15) is 5.56 Å². The first-order valence-electron chi connectivity index (χ1n) is 6.00. The zero-order valence-corrected chi connectivity index (χ0v) is 11.5. The van der Waals surface area contributed by atoms with Crippen molar-refractivity contribution >= 4 is 5.82 Å². The minimum Gasteiger partial charge on any atom is -0.496 e. The molecule has 0 fully saturated rings. The van der Waals surface area contributed by atoms with E-state index in [2.05, 4.69) is 4.98 Å². The molecule has 0 amide bonds. The number of rotatable bonds is 5. The number of halogens is 2. The molecule has 2 aromatic rings. The normalized spacial score (nSPS) is 10.3. The van der Waals surface area contributed by atoms with Crippen molar-refractivity contribution in [2.45, 2.75) is 6.61 Å². The van der Waals surface area contributed by atoms with Gasteiger partial charge in [0.2, 0.25) is 0 Å². The summed E-state index contributed by atoms with van der Waals surface area (Å²) in [5.41, 5.74) is 5.52. The third-order valence-electron chi connectivity index (χ3n) is 2.82. The average Bonchev–Trinajstić information content (AvgIpc) is 2.49. The Labute approximate surface area is 120 Å². The fourth-order valence-corrected chi connectivity index (χ4v) is 1.76. The van der Waals surface area contributed by atoms with Gasteiger partial charge in [0.1, 0.15) is 18.2 Å². The molecule has 0 saturated heterocycles. The molecular weight excluding hydrogens is 282 g/mol. The van der Waals surface area contributed by atoms with Gasteiger partial charge >= 0.3 is 0 Å². The lowest BCUT2D eigenvalue weighted by Crippen LogP contribution is -2.05. The molecule has 7 heteroatoms. The minimum absolute atomic E-state index is 0.0325. The number of nitrogens with two attached hydrogens (primary N) is 1. The number of nitrogens with zero attached hydrogens (tertiary/aromatic N) is 1. The molecular formula is C14H14F2N2O3. The highest BCUT2D eigenvalue weighted by molar-refractivity contribution is 5.46. The van der Waals surface area contributed by atoms with E-state index in [0.29, 0.717) is 5.75 Å². The van der Waals surface area contributed by atoms with Crippen LogP contribution in [0.4, 0.5) is 14.6 Å². The summed E-state index contributed by atoms with van der Waals surface area (Å²) in [6.45, 7) is -0.243. The Bertz CT molecular complexity index is 650. The number of methoxy groups -OCH3 is 2. The Kier molecular flexibility index (Phi) is 4.42. The summed E-state index contributed by atoms with van der Waals surface area (Å²) in [4.78, 5) is 3.85.